The number of nitrogens with one attached hydrogen (secondary N) is 1. The largest absolute Gasteiger partial charge is 0.768 e. The minimum atomic E-state index is -2.40. The van der Waals surface area contributed by atoms with Gasteiger partial charge in [0.15, 0.2) is 0 Å². The fourth-order valence-corrected chi connectivity index (χ4v) is 3.82. The molecule has 0 saturated carbocycles. The van der Waals surface area contributed by atoms with Crippen LogP contribution >= 0.6 is 11.3 Å². The fraction of sp³-hybridized carbons (Fsp3) is 0.0588. The van der Waals surface area contributed by atoms with Crippen LogP contribution in [0, 0.1) is 0 Å². The first-order valence-electron chi connectivity index (χ1n) is 7.32. The molecule has 0 saturated heterocycles. The summed E-state index contributed by atoms with van der Waals surface area (Å²) in [5.74, 6) is 0.273. The molecule has 1 N–H and O–H groups in total. The van der Waals surface area contributed by atoms with Crippen LogP contribution in [0.15, 0.2) is 53.0 Å². The van der Waals surface area contributed by atoms with Crippen molar-refractivity contribution >= 4 is 54.9 Å². The number of aromatic nitrogens is 2. The summed E-state index contributed by atoms with van der Waals surface area (Å²) in [6.07, 6.45) is 1.67. The predicted octanol–water partition coefficient (Wildman–Crippen LogP) is 3.83. The van der Waals surface area contributed by atoms with Crippen molar-refractivity contribution in [1.82, 2.24) is 9.97 Å². The molecule has 0 radical (unpaired) electrons. The van der Waals surface area contributed by atoms with Crippen molar-refractivity contribution in [2.75, 3.05) is 12.4 Å². The SMILES string of the molecule is COc1cc2nccc(Nc3ccc4scnc4c3)c2cc1S(=O)[O-]. The molecule has 6 nitrogen and oxygen atoms in total. The Balaban J connectivity index is 1.83. The summed E-state index contributed by atoms with van der Waals surface area (Å²) in [7, 11) is 1.43. The van der Waals surface area contributed by atoms with Crippen molar-refractivity contribution in [3.05, 3.63) is 48.1 Å². The van der Waals surface area contributed by atoms with Crippen molar-refractivity contribution < 1.29 is 13.5 Å². The van der Waals surface area contributed by atoms with E-state index in [1.54, 1.807) is 41.2 Å². The lowest BCUT2D eigenvalue weighted by atomic mass is 10.1. The molecule has 1 atom stereocenters. The number of benzene rings is 2. The standard InChI is InChI=1S/C17H13N3O3S2/c1-23-15-8-13-11(7-17(15)25(21)22)12(4-5-18-13)20-10-2-3-16-14(6-10)19-9-24-16/h2-9H,1H3,(H,18,20)(H,21,22)/p-1. The number of thiazole rings is 1. The van der Waals surface area contributed by atoms with Crippen LogP contribution in [0.3, 0.4) is 0 Å². The third-order valence-electron chi connectivity index (χ3n) is 3.82. The molecule has 0 aliphatic heterocycles. The molecule has 4 rings (SSSR count). The van der Waals surface area contributed by atoms with E-state index in [1.165, 1.54) is 7.11 Å². The second kappa shape index (κ2) is 6.40. The number of ether oxygens (including phenoxy) is 1. The molecule has 0 aliphatic rings. The van der Waals surface area contributed by atoms with E-state index >= 15 is 0 Å². The number of fused-ring (bicyclic) bond motifs is 2. The Morgan fingerprint density at radius 1 is 1.16 bits per heavy atom. The maximum Gasteiger partial charge on any atom is 0.136 e. The second-order valence-electron chi connectivity index (χ2n) is 5.27. The third-order valence-corrected chi connectivity index (χ3v) is 5.30. The lowest BCUT2D eigenvalue weighted by Gasteiger charge is -2.15. The highest BCUT2D eigenvalue weighted by Gasteiger charge is 2.10. The Morgan fingerprint density at radius 3 is 2.84 bits per heavy atom. The van der Waals surface area contributed by atoms with Gasteiger partial charge in [-0.1, -0.05) is 0 Å². The van der Waals surface area contributed by atoms with E-state index in [0.717, 1.165) is 21.6 Å². The summed E-state index contributed by atoms with van der Waals surface area (Å²) in [5.41, 5.74) is 4.99. The minimum absolute atomic E-state index is 0.0982. The number of pyridine rings is 1. The second-order valence-corrected chi connectivity index (χ2v) is 7.07. The quantitative estimate of drug-likeness (QED) is 0.549. The normalized spacial score (nSPS) is 12.4. The highest BCUT2D eigenvalue weighted by atomic mass is 32.2. The third kappa shape index (κ3) is 2.95. The monoisotopic (exact) mass is 370 g/mol. The predicted molar refractivity (Wildman–Crippen MR) is 98.4 cm³/mol. The smallest absolute Gasteiger partial charge is 0.136 e. The van der Waals surface area contributed by atoms with Crippen molar-refractivity contribution in [1.29, 1.82) is 0 Å². The number of methoxy groups -OCH3 is 1. The number of rotatable bonds is 4. The van der Waals surface area contributed by atoms with Crippen LogP contribution in [0.1, 0.15) is 0 Å². The van der Waals surface area contributed by atoms with E-state index in [0.29, 0.717) is 10.9 Å². The molecule has 0 bridgehead atoms. The van der Waals surface area contributed by atoms with Crippen LogP contribution in [0.25, 0.3) is 21.1 Å². The molecule has 2 aromatic carbocycles. The molecular formula is C17H12N3O3S2-. The van der Waals surface area contributed by atoms with Crippen LogP contribution in [-0.2, 0) is 11.1 Å². The van der Waals surface area contributed by atoms with Gasteiger partial charge in [-0.05, 0) is 41.4 Å². The van der Waals surface area contributed by atoms with Gasteiger partial charge in [0, 0.05) is 29.0 Å². The minimum Gasteiger partial charge on any atom is -0.768 e. The van der Waals surface area contributed by atoms with Crippen molar-refractivity contribution in [3.63, 3.8) is 0 Å². The van der Waals surface area contributed by atoms with Crippen LogP contribution in [0.4, 0.5) is 11.4 Å². The first-order chi connectivity index (χ1) is 12.2. The van der Waals surface area contributed by atoms with Gasteiger partial charge in [-0.3, -0.25) is 9.19 Å². The maximum absolute atomic E-state index is 11.5. The Bertz CT molecular complexity index is 1110. The molecular weight excluding hydrogens is 358 g/mol. The van der Waals surface area contributed by atoms with E-state index in [2.05, 4.69) is 15.3 Å². The molecule has 0 aliphatic carbocycles. The molecule has 126 valence electrons. The van der Waals surface area contributed by atoms with Crippen LogP contribution in [0.2, 0.25) is 0 Å². The fourth-order valence-electron chi connectivity index (χ4n) is 2.64. The molecule has 0 fully saturated rings. The van der Waals surface area contributed by atoms with Gasteiger partial charge < -0.3 is 14.6 Å². The summed E-state index contributed by atoms with van der Waals surface area (Å²) in [6, 6.07) is 10.9. The first-order valence-corrected chi connectivity index (χ1v) is 9.27. The van der Waals surface area contributed by atoms with E-state index in [-0.39, 0.29) is 10.6 Å². The van der Waals surface area contributed by atoms with Crippen LogP contribution < -0.4 is 10.1 Å². The molecule has 4 aromatic rings. The van der Waals surface area contributed by atoms with Crippen molar-refractivity contribution in [2.24, 2.45) is 0 Å². The Morgan fingerprint density at radius 2 is 2.04 bits per heavy atom. The number of nitrogens with zero attached hydrogens (tertiary/aromatic N) is 2. The average molecular weight is 370 g/mol. The summed E-state index contributed by atoms with van der Waals surface area (Å²) in [6.45, 7) is 0. The van der Waals surface area contributed by atoms with Gasteiger partial charge in [-0.15, -0.1) is 11.3 Å². The van der Waals surface area contributed by atoms with E-state index < -0.39 is 11.1 Å². The zero-order chi connectivity index (χ0) is 17.4. The van der Waals surface area contributed by atoms with Gasteiger partial charge in [0.1, 0.15) is 5.75 Å². The molecule has 1 unspecified atom stereocenters. The summed E-state index contributed by atoms with van der Waals surface area (Å²) < 4.78 is 29.2. The number of hydrogen-bond donors (Lipinski definition) is 1. The molecule has 8 heteroatoms. The zero-order valence-corrected chi connectivity index (χ0v) is 14.7. The molecule has 0 spiro atoms. The molecule has 2 aromatic heterocycles. The Kier molecular flexibility index (Phi) is 4.08. The maximum atomic E-state index is 11.5. The summed E-state index contributed by atoms with van der Waals surface area (Å²) in [5, 5.41) is 4.01. The molecule has 25 heavy (non-hydrogen) atoms. The van der Waals surface area contributed by atoms with Gasteiger partial charge >= 0.3 is 0 Å². The van der Waals surface area contributed by atoms with E-state index in [9.17, 15) is 8.76 Å². The lowest BCUT2D eigenvalue weighted by Crippen LogP contribution is -1.98. The molecule has 2 heterocycles. The zero-order valence-electron chi connectivity index (χ0n) is 13.1. The van der Waals surface area contributed by atoms with Crippen LogP contribution in [-0.4, -0.2) is 25.8 Å². The number of anilines is 2. The van der Waals surface area contributed by atoms with Gasteiger partial charge in [-0.25, -0.2) is 4.98 Å². The first kappa shape index (κ1) is 15.9. The topological polar surface area (TPSA) is 87.2 Å². The van der Waals surface area contributed by atoms with Gasteiger partial charge in [0.2, 0.25) is 0 Å². The van der Waals surface area contributed by atoms with Crippen molar-refractivity contribution in [2.45, 2.75) is 4.90 Å². The van der Waals surface area contributed by atoms with E-state index in [1.807, 2.05) is 18.2 Å². The molecule has 0 amide bonds. The highest BCUT2D eigenvalue weighted by molar-refractivity contribution is 7.79. The van der Waals surface area contributed by atoms with Gasteiger partial charge in [-0.2, -0.15) is 0 Å². The van der Waals surface area contributed by atoms with E-state index in [4.69, 9.17) is 4.74 Å². The van der Waals surface area contributed by atoms with Gasteiger partial charge in [0.05, 0.1) is 33.2 Å². The Labute approximate surface area is 149 Å². The average Bonchev–Trinajstić information content (AvgIpc) is 3.08. The van der Waals surface area contributed by atoms with Gasteiger partial charge in [0.25, 0.3) is 0 Å². The lowest BCUT2D eigenvalue weighted by molar-refractivity contribution is 0.402. The van der Waals surface area contributed by atoms with Crippen molar-refractivity contribution in [3.8, 4) is 5.75 Å². The summed E-state index contributed by atoms with van der Waals surface area (Å²) >= 11 is -0.821. The highest BCUT2D eigenvalue weighted by Crippen LogP contribution is 2.33. The Hall–Kier alpha value is -2.55. The van der Waals surface area contributed by atoms with Crippen LogP contribution in [0.5, 0.6) is 5.75 Å². The summed E-state index contributed by atoms with van der Waals surface area (Å²) in [4.78, 5) is 8.71. The number of hydrogen-bond acceptors (Lipinski definition) is 7.